The van der Waals surface area contributed by atoms with Gasteiger partial charge >= 0.3 is 0 Å². The zero-order valence-electron chi connectivity index (χ0n) is 29.0. The van der Waals surface area contributed by atoms with Crippen molar-refractivity contribution in [1.29, 1.82) is 0 Å². The topological polar surface area (TPSA) is 0 Å². The molecule has 0 spiro atoms. The Bertz CT molecular complexity index is 412. The third-order valence-electron chi connectivity index (χ3n) is 9.63. The van der Waals surface area contributed by atoms with Crippen molar-refractivity contribution in [2.24, 2.45) is 5.92 Å². The molecule has 0 aromatic carbocycles. The summed E-state index contributed by atoms with van der Waals surface area (Å²) in [5, 5.41) is 0. The molecule has 0 aliphatic rings. The van der Waals surface area contributed by atoms with E-state index in [1.807, 2.05) is 0 Å². The molecule has 0 N–H and O–H groups in total. The van der Waals surface area contributed by atoms with Gasteiger partial charge < -0.3 is 0 Å². The van der Waals surface area contributed by atoms with Crippen molar-refractivity contribution in [3.8, 4) is 0 Å². The SMILES string of the molecule is CCCCCCCCCCCCCCCCCCCCCCCCC(CCC)CCCCCCCCCCCC. The van der Waals surface area contributed by atoms with Crippen LogP contribution in [0.25, 0.3) is 0 Å². The minimum absolute atomic E-state index is 1.03. The highest BCUT2D eigenvalue weighted by Crippen LogP contribution is 2.23. The molecule has 0 fully saturated rings. The lowest BCUT2D eigenvalue weighted by Gasteiger charge is -2.16. The molecule has 0 bridgehead atoms. The van der Waals surface area contributed by atoms with Gasteiger partial charge in [-0.05, 0) is 5.92 Å². The fourth-order valence-electron chi connectivity index (χ4n) is 6.80. The predicted molar refractivity (Wildman–Crippen MR) is 187 cm³/mol. The Kier molecular flexibility index (Phi) is 37.0. The predicted octanol–water partition coefficient (Wildman–Crippen LogP) is 15.7. The van der Waals surface area contributed by atoms with Gasteiger partial charge in [0, 0.05) is 0 Å². The third kappa shape index (κ3) is 34.2. The van der Waals surface area contributed by atoms with Crippen LogP contribution in [0.1, 0.15) is 252 Å². The molecular formula is C40H82. The molecule has 40 heavy (non-hydrogen) atoms. The van der Waals surface area contributed by atoms with Crippen LogP contribution in [0.4, 0.5) is 0 Å². The fraction of sp³-hybridized carbons (Fsp3) is 1.00. The van der Waals surface area contributed by atoms with E-state index in [0.717, 1.165) is 5.92 Å². The second-order valence-corrected chi connectivity index (χ2v) is 13.8. The molecule has 0 rings (SSSR count). The average Bonchev–Trinajstić information content (AvgIpc) is 2.96. The smallest absolute Gasteiger partial charge is 0.0414 e. The van der Waals surface area contributed by atoms with Crippen molar-refractivity contribution in [3.05, 3.63) is 0 Å². The highest BCUT2D eigenvalue weighted by Gasteiger charge is 2.07. The zero-order chi connectivity index (χ0) is 29.0. The first-order chi connectivity index (χ1) is 19.8. The summed E-state index contributed by atoms with van der Waals surface area (Å²) in [6.45, 7) is 7.02. The van der Waals surface area contributed by atoms with Gasteiger partial charge in [-0.1, -0.05) is 252 Å². The summed E-state index contributed by atoms with van der Waals surface area (Å²) in [6, 6.07) is 0. The second kappa shape index (κ2) is 37.0. The van der Waals surface area contributed by atoms with Crippen LogP contribution in [-0.2, 0) is 0 Å². The van der Waals surface area contributed by atoms with E-state index in [-0.39, 0.29) is 0 Å². The van der Waals surface area contributed by atoms with Gasteiger partial charge in [0.05, 0.1) is 0 Å². The minimum Gasteiger partial charge on any atom is -0.0654 e. The lowest BCUT2D eigenvalue weighted by molar-refractivity contribution is 0.376. The summed E-state index contributed by atoms with van der Waals surface area (Å²) in [5.74, 6) is 1.03. The number of rotatable bonds is 36. The normalized spacial score (nSPS) is 12.4. The molecule has 0 saturated carbocycles. The molecule has 0 heterocycles. The third-order valence-corrected chi connectivity index (χ3v) is 9.63. The molecule has 0 aromatic rings. The molecule has 0 amide bonds. The van der Waals surface area contributed by atoms with Gasteiger partial charge in [0.15, 0.2) is 0 Å². The van der Waals surface area contributed by atoms with Crippen LogP contribution in [0.5, 0.6) is 0 Å². The summed E-state index contributed by atoms with van der Waals surface area (Å²) in [5.41, 5.74) is 0. The number of unbranched alkanes of at least 4 members (excludes halogenated alkanes) is 30. The molecule has 0 aliphatic carbocycles. The van der Waals surface area contributed by atoms with Crippen LogP contribution >= 0.6 is 0 Å². The average molecular weight is 563 g/mol. The Morgan fingerprint density at radius 1 is 0.200 bits per heavy atom. The number of hydrogen-bond acceptors (Lipinski definition) is 0. The maximum absolute atomic E-state index is 2.39. The molecule has 0 nitrogen and oxygen atoms in total. The maximum atomic E-state index is 2.39. The Morgan fingerprint density at radius 2 is 0.400 bits per heavy atom. The van der Waals surface area contributed by atoms with Crippen molar-refractivity contribution < 1.29 is 0 Å². The van der Waals surface area contributed by atoms with E-state index >= 15 is 0 Å². The second-order valence-electron chi connectivity index (χ2n) is 13.8. The van der Waals surface area contributed by atoms with Gasteiger partial charge in [-0.3, -0.25) is 0 Å². The van der Waals surface area contributed by atoms with Crippen LogP contribution < -0.4 is 0 Å². The van der Waals surface area contributed by atoms with E-state index in [4.69, 9.17) is 0 Å². The lowest BCUT2D eigenvalue weighted by Crippen LogP contribution is -2.00. The lowest BCUT2D eigenvalue weighted by atomic mass is 9.90. The van der Waals surface area contributed by atoms with E-state index in [0.29, 0.717) is 0 Å². The van der Waals surface area contributed by atoms with Gasteiger partial charge in [-0.2, -0.15) is 0 Å². The molecule has 0 saturated heterocycles. The number of hydrogen-bond donors (Lipinski definition) is 0. The molecule has 0 aliphatic heterocycles. The molecular weight excluding hydrogens is 480 g/mol. The molecule has 0 aromatic heterocycles. The standard InChI is InChI=1S/C40H82/c1-4-7-9-11-13-15-17-18-19-20-21-22-23-24-25-26-27-28-30-32-34-36-39-40(37-6-3)38-35-33-31-29-16-14-12-10-8-5-2/h40H,4-39H2,1-3H3. The van der Waals surface area contributed by atoms with E-state index in [1.165, 1.54) is 231 Å². The van der Waals surface area contributed by atoms with Gasteiger partial charge in [0.2, 0.25) is 0 Å². The van der Waals surface area contributed by atoms with Gasteiger partial charge in [0.1, 0.15) is 0 Å². The molecule has 242 valence electrons. The fourth-order valence-corrected chi connectivity index (χ4v) is 6.80. The summed E-state index contributed by atoms with van der Waals surface area (Å²) in [6.07, 6.45) is 53.3. The van der Waals surface area contributed by atoms with Gasteiger partial charge in [-0.15, -0.1) is 0 Å². The molecule has 0 heteroatoms. The quantitative estimate of drug-likeness (QED) is 0.0666. The van der Waals surface area contributed by atoms with E-state index in [2.05, 4.69) is 20.8 Å². The maximum Gasteiger partial charge on any atom is -0.0414 e. The zero-order valence-corrected chi connectivity index (χ0v) is 29.0. The van der Waals surface area contributed by atoms with Crippen LogP contribution in [0.15, 0.2) is 0 Å². The summed E-state index contributed by atoms with van der Waals surface area (Å²) in [7, 11) is 0. The largest absolute Gasteiger partial charge is 0.0654 e. The van der Waals surface area contributed by atoms with E-state index in [1.54, 1.807) is 0 Å². The van der Waals surface area contributed by atoms with Crippen LogP contribution in [0.2, 0.25) is 0 Å². The van der Waals surface area contributed by atoms with Gasteiger partial charge in [-0.25, -0.2) is 0 Å². The van der Waals surface area contributed by atoms with Crippen molar-refractivity contribution in [3.63, 3.8) is 0 Å². The first-order valence-electron chi connectivity index (χ1n) is 19.8. The van der Waals surface area contributed by atoms with E-state index in [9.17, 15) is 0 Å². The summed E-state index contributed by atoms with van der Waals surface area (Å²) < 4.78 is 0. The van der Waals surface area contributed by atoms with Crippen molar-refractivity contribution in [1.82, 2.24) is 0 Å². The van der Waals surface area contributed by atoms with Crippen molar-refractivity contribution in [2.75, 3.05) is 0 Å². The molecule has 0 radical (unpaired) electrons. The Hall–Kier alpha value is 0. The van der Waals surface area contributed by atoms with Gasteiger partial charge in [0.25, 0.3) is 0 Å². The monoisotopic (exact) mass is 563 g/mol. The van der Waals surface area contributed by atoms with Crippen LogP contribution in [-0.4, -0.2) is 0 Å². The minimum atomic E-state index is 1.03. The first-order valence-corrected chi connectivity index (χ1v) is 19.8. The Labute approximate surface area is 257 Å². The van der Waals surface area contributed by atoms with Crippen molar-refractivity contribution >= 4 is 0 Å². The highest BCUT2D eigenvalue weighted by atomic mass is 14.1. The summed E-state index contributed by atoms with van der Waals surface area (Å²) >= 11 is 0. The highest BCUT2D eigenvalue weighted by molar-refractivity contribution is 4.61. The Morgan fingerprint density at radius 3 is 0.600 bits per heavy atom. The van der Waals surface area contributed by atoms with Crippen LogP contribution in [0, 0.1) is 5.92 Å². The van der Waals surface area contributed by atoms with E-state index < -0.39 is 0 Å². The summed E-state index contributed by atoms with van der Waals surface area (Å²) in [4.78, 5) is 0. The Balaban J connectivity index is 3.30. The molecule has 1 atom stereocenters. The van der Waals surface area contributed by atoms with Crippen LogP contribution in [0.3, 0.4) is 0 Å². The molecule has 1 unspecified atom stereocenters. The first kappa shape index (κ1) is 40.0. The van der Waals surface area contributed by atoms with Crippen molar-refractivity contribution in [2.45, 2.75) is 252 Å².